The molecule has 1 aliphatic carbocycles. The van der Waals surface area contributed by atoms with Crippen LogP contribution in [0.15, 0.2) is 18.2 Å². The fourth-order valence-electron chi connectivity index (χ4n) is 3.43. The highest BCUT2D eigenvalue weighted by Crippen LogP contribution is 2.33. The minimum absolute atomic E-state index is 0.0479. The lowest BCUT2D eigenvalue weighted by atomic mass is 9.91. The number of fused-ring (bicyclic) bond motifs is 1. The van der Waals surface area contributed by atoms with Crippen molar-refractivity contribution in [2.45, 2.75) is 50.7 Å². The van der Waals surface area contributed by atoms with Crippen molar-refractivity contribution in [3.05, 3.63) is 23.8 Å². The molecule has 0 radical (unpaired) electrons. The highest BCUT2D eigenvalue weighted by molar-refractivity contribution is 7.88. The number of benzene rings is 1. The van der Waals surface area contributed by atoms with Crippen molar-refractivity contribution in [2.24, 2.45) is 0 Å². The summed E-state index contributed by atoms with van der Waals surface area (Å²) in [5, 5.41) is 3.52. The third-order valence-corrected chi connectivity index (χ3v) is 5.27. The van der Waals surface area contributed by atoms with Crippen LogP contribution in [-0.2, 0) is 16.6 Å². The number of sulfonamides is 1. The molecule has 1 aliphatic heterocycles. The van der Waals surface area contributed by atoms with Crippen molar-refractivity contribution in [2.75, 3.05) is 19.5 Å². The maximum atomic E-state index is 11.6. The molecule has 24 heavy (non-hydrogen) atoms. The summed E-state index contributed by atoms with van der Waals surface area (Å²) in [6, 6.07) is 6.02. The van der Waals surface area contributed by atoms with Crippen LogP contribution in [-0.4, -0.2) is 40.0 Å². The van der Waals surface area contributed by atoms with Crippen molar-refractivity contribution < 1.29 is 17.9 Å². The molecule has 2 unspecified atom stereocenters. The van der Waals surface area contributed by atoms with Gasteiger partial charge in [-0.05, 0) is 18.9 Å². The predicted octanol–water partition coefficient (Wildman–Crippen LogP) is 1.80. The predicted molar refractivity (Wildman–Crippen MR) is 92.9 cm³/mol. The summed E-state index contributed by atoms with van der Waals surface area (Å²) >= 11 is 0. The van der Waals surface area contributed by atoms with E-state index in [1.165, 1.54) is 6.26 Å². The first kappa shape index (κ1) is 17.5. The average molecular weight is 354 g/mol. The lowest BCUT2D eigenvalue weighted by molar-refractivity contribution is 0.292. The van der Waals surface area contributed by atoms with Crippen LogP contribution < -0.4 is 19.5 Å². The Morgan fingerprint density at radius 2 is 1.83 bits per heavy atom. The van der Waals surface area contributed by atoms with Gasteiger partial charge >= 0.3 is 0 Å². The van der Waals surface area contributed by atoms with Crippen LogP contribution in [0.4, 0.5) is 0 Å². The van der Waals surface area contributed by atoms with Crippen molar-refractivity contribution in [1.82, 2.24) is 10.0 Å². The molecule has 0 saturated heterocycles. The molecular formula is C17H26N2O4S. The van der Waals surface area contributed by atoms with E-state index in [0.717, 1.165) is 49.2 Å². The summed E-state index contributed by atoms with van der Waals surface area (Å²) in [7, 11) is -3.19. The van der Waals surface area contributed by atoms with Gasteiger partial charge in [0.1, 0.15) is 0 Å². The molecule has 2 aliphatic rings. The number of hydrogen-bond acceptors (Lipinski definition) is 5. The molecule has 2 atom stereocenters. The SMILES string of the molecule is CS(=O)(=O)NC1CCCCC1NCc1cccc2c1OCCCO2. The number of hydrogen-bond donors (Lipinski definition) is 2. The van der Waals surface area contributed by atoms with Crippen molar-refractivity contribution in [3.8, 4) is 11.5 Å². The maximum absolute atomic E-state index is 11.6. The van der Waals surface area contributed by atoms with Crippen LogP contribution in [0.5, 0.6) is 11.5 Å². The molecule has 6 nitrogen and oxygen atoms in total. The number of rotatable bonds is 5. The Balaban J connectivity index is 1.68. The Hall–Kier alpha value is -1.31. The fourth-order valence-corrected chi connectivity index (χ4v) is 4.26. The maximum Gasteiger partial charge on any atom is 0.209 e. The molecular weight excluding hydrogens is 328 g/mol. The summed E-state index contributed by atoms with van der Waals surface area (Å²) in [6.07, 6.45) is 6.12. The standard InChI is InChI=1S/C17H26N2O4S/c1-24(20,21)19-15-8-3-2-7-14(15)18-12-13-6-4-9-16-17(13)23-11-5-10-22-16/h4,6,9,14-15,18-19H,2-3,5,7-8,10-12H2,1H3. The van der Waals surface area contributed by atoms with Gasteiger partial charge in [-0.25, -0.2) is 13.1 Å². The zero-order valence-corrected chi connectivity index (χ0v) is 14.9. The largest absolute Gasteiger partial charge is 0.490 e. The first-order valence-corrected chi connectivity index (χ1v) is 10.5. The van der Waals surface area contributed by atoms with Gasteiger partial charge in [-0.15, -0.1) is 0 Å². The van der Waals surface area contributed by atoms with E-state index in [1.807, 2.05) is 18.2 Å². The van der Waals surface area contributed by atoms with Gasteiger partial charge in [0.05, 0.1) is 19.5 Å². The zero-order chi connectivity index (χ0) is 17.0. The van der Waals surface area contributed by atoms with Crippen molar-refractivity contribution in [3.63, 3.8) is 0 Å². The van der Waals surface area contributed by atoms with Gasteiger partial charge in [-0.2, -0.15) is 0 Å². The smallest absolute Gasteiger partial charge is 0.209 e. The van der Waals surface area contributed by atoms with E-state index in [4.69, 9.17) is 9.47 Å². The molecule has 134 valence electrons. The molecule has 1 fully saturated rings. The second-order valence-electron chi connectivity index (χ2n) is 6.56. The highest BCUT2D eigenvalue weighted by Gasteiger charge is 2.27. The summed E-state index contributed by atoms with van der Waals surface area (Å²) < 4.78 is 37.5. The van der Waals surface area contributed by atoms with E-state index in [1.54, 1.807) is 0 Å². The van der Waals surface area contributed by atoms with Crippen molar-refractivity contribution in [1.29, 1.82) is 0 Å². The van der Waals surface area contributed by atoms with Crippen LogP contribution in [0.2, 0.25) is 0 Å². The van der Waals surface area contributed by atoms with Gasteiger partial charge in [0.25, 0.3) is 0 Å². The molecule has 7 heteroatoms. The first-order valence-electron chi connectivity index (χ1n) is 8.61. The van der Waals surface area contributed by atoms with E-state index in [2.05, 4.69) is 10.0 Å². The quantitative estimate of drug-likeness (QED) is 0.843. The van der Waals surface area contributed by atoms with Gasteiger partial charge < -0.3 is 14.8 Å². The molecule has 0 aromatic heterocycles. The van der Waals surface area contributed by atoms with Crippen LogP contribution in [0, 0.1) is 0 Å². The zero-order valence-electron chi connectivity index (χ0n) is 14.1. The molecule has 1 saturated carbocycles. The normalized spacial score (nSPS) is 24.4. The third-order valence-electron chi connectivity index (χ3n) is 4.54. The molecule has 1 aromatic rings. The number of para-hydroxylation sites is 1. The second kappa shape index (κ2) is 7.72. The van der Waals surface area contributed by atoms with Crippen LogP contribution in [0.3, 0.4) is 0 Å². The van der Waals surface area contributed by atoms with E-state index in [9.17, 15) is 8.42 Å². The van der Waals surface area contributed by atoms with E-state index in [0.29, 0.717) is 19.8 Å². The Kier molecular flexibility index (Phi) is 5.63. The monoisotopic (exact) mass is 354 g/mol. The van der Waals surface area contributed by atoms with Crippen LogP contribution in [0.1, 0.15) is 37.7 Å². The summed E-state index contributed by atoms with van der Waals surface area (Å²) in [5.41, 5.74) is 1.05. The molecule has 0 bridgehead atoms. The molecule has 1 aromatic carbocycles. The minimum atomic E-state index is -3.19. The van der Waals surface area contributed by atoms with Gasteiger partial charge in [0.2, 0.25) is 10.0 Å². The van der Waals surface area contributed by atoms with Gasteiger partial charge in [-0.1, -0.05) is 25.0 Å². The third kappa shape index (κ3) is 4.62. The number of ether oxygens (including phenoxy) is 2. The average Bonchev–Trinajstić information content (AvgIpc) is 2.78. The molecule has 2 N–H and O–H groups in total. The number of nitrogens with one attached hydrogen (secondary N) is 2. The topological polar surface area (TPSA) is 76.7 Å². The van der Waals surface area contributed by atoms with Gasteiger partial charge in [-0.3, -0.25) is 0 Å². The van der Waals surface area contributed by atoms with Crippen LogP contribution >= 0.6 is 0 Å². The fraction of sp³-hybridized carbons (Fsp3) is 0.647. The highest BCUT2D eigenvalue weighted by atomic mass is 32.2. The van der Waals surface area contributed by atoms with E-state index >= 15 is 0 Å². The summed E-state index contributed by atoms with van der Waals surface area (Å²) in [5.74, 6) is 1.60. The summed E-state index contributed by atoms with van der Waals surface area (Å²) in [6.45, 7) is 1.97. The van der Waals surface area contributed by atoms with E-state index in [-0.39, 0.29) is 12.1 Å². The minimum Gasteiger partial charge on any atom is -0.490 e. The Morgan fingerprint density at radius 3 is 2.62 bits per heavy atom. The molecule has 1 heterocycles. The van der Waals surface area contributed by atoms with Crippen LogP contribution in [0.25, 0.3) is 0 Å². The van der Waals surface area contributed by atoms with Crippen molar-refractivity contribution >= 4 is 10.0 Å². The summed E-state index contributed by atoms with van der Waals surface area (Å²) in [4.78, 5) is 0. The Bertz CT molecular complexity index is 663. The van der Waals surface area contributed by atoms with Gasteiger partial charge in [0, 0.05) is 30.6 Å². The first-order chi connectivity index (χ1) is 11.5. The Morgan fingerprint density at radius 1 is 1.08 bits per heavy atom. The van der Waals surface area contributed by atoms with Gasteiger partial charge in [0.15, 0.2) is 11.5 Å². The molecule has 3 rings (SSSR count). The molecule has 0 amide bonds. The lowest BCUT2D eigenvalue weighted by Crippen LogP contribution is -2.51. The van der Waals surface area contributed by atoms with E-state index < -0.39 is 10.0 Å². The second-order valence-corrected chi connectivity index (χ2v) is 8.34. The lowest BCUT2D eigenvalue weighted by Gasteiger charge is -2.32. The molecule has 0 spiro atoms. The Labute approximate surface area is 144 Å².